The van der Waals surface area contributed by atoms with Crippen molar-refractivity contribution in [2.45, 2.75) is 83.8 Å². The lowest BCUT2D eigenvalue weighted by atomic mass is 9.75. The van der Waals surface area contributed by atoms with Crippen LogP contribution in [0.5, 0.6) is 11.5 Å². The summed E-state index contributed by atoms with van der Waals surface area (Å²) < 4.78 is 25.9. The van der Waals surface area contributed by atoms with Crippen molar-refractivity contribution < 1.29 is 33.4 Å². The van der Waals surface area contributed by atoms with Crippen LogP contribution in [0.3, 0.4) is 0 Å². The van der Waals surface area contributed by atoms with Gasteiger partial charge < -0.3 is 25.2 Å². The van der Waals surface area contributed by atoms with Crippen molar-refractivity contribution in [3.05, 3.63) is 23.5 Å². The Bertz CT molecular complexity index is 1020. The second kappa shape index (κ2) is 10.3. The first-order valence-electron chi connectivity index (χ1n) is 12.9. The zero-order valence-electron chi connectivity index (χ0n) is 21.3. The molecule has 3 saturated carbocycles. The minimum absolute atomic E-state index is 0.0355. The van der Waals surface area contributed by atoms with Gasteiger partial charge in [-0.1, -0.05) is 13.3 Å². The number of carbonyl (C=O) groups is 3. The van der Waals surface area contributed by atoms with Crippen LogP contribution in [0.15, 0.2) is 12.1 Å². The molecule has 0 bridgehead atoms. The molecule has 0 spiro atoms. The third-order valence-electron chi connectivity index (χ3n) is 8.31. The molecule has 0 radical (unpaired) electrons. The summed E-state index contributed by atoms with van der Waals surface area (Å²) >= 11 is 0. The highest BCUT2D eigenvalue weighted by atomic mass is 19.1. The summed E-state index contributed by atoms with van der Waals surface area (Å²) in [4.78, 5) is 37.5. The fourth-order valence-electron chi connectivity index (χ4n) is 5.23. The SMILES string of the molecule is COc1cc(F)c(O[C@H]2CC[C@@](C)(C(=O)O)CC2)cc1C(=O)N[C@@H]1CCC[C@@H]1C(=O)NCC1(C)CC1. The standard InChI is InChI=1S/C27H37FN2O6/c1-26(11-12-26)15-29-23(31)17-5-4-6-20(17)30-24(32)18-13-22(19(28)14-21(18)35-3)36-16-7-9-27(2,10-8-16)25(33)34/h13-14,16-17,20H,4-12,15H2,1-3H3,(H,29,31)(H,30,32)(H,33,34)/t16-,17-,20+,27+/m0/s1. The van der Waals surface area contributed by atoms with Gasteiger partial charge in [0.15, 0.2) is 11.6 Å². The van der Waals surface area contributed by atoms with Gasteiger partial charge in [0, 0.05) is 18.7 Å². The van der Waals surface area contributed by atoms with Crippen LogP contribution in [0.2, 0.25) is 0 Å². The van der Waals surface area contributed by atoms with Gasteiger partial charge in [-0.15, -0.1) is 0 Å². The first-order valence-corrected chi connectivity index (χ1v) is 12.9. The summed E-state index contributed by atoms with van der Waals surface area (Å²) in [7, 11) is 1.37. The zero-order chi connectivity index (χ0) is 26.1. The highest BCUT2D eigenvalue weighted by Crippen LogP contribution is 2.44. The van der Waals surface area contributed by atoms with Gasteiger partial charge in [0.05, 0.1) is 30.1 Å². The molecule has 9 heteroatoms. The Morgan fingerprint density at radius 3 is 2.36 bits per heavy atom. The number of carbonyl (C=O) groups excluding carboxylic acids is 2. The number of hydrogen-bond acceptors (Lipinski definition) is 5. The van der Waals surface area contributed by atoms with Gasteiger partial charge in [-0.25, -0.2) is 4.39 Å². The van der Waals surface area contributed by atoms with Crippen LogP contribution in [-0.2, 0) is 9.59 Å². The van der Waals surface area contributed by atoms with Crippen molar-refractivity contribution >= 4 is 17.8 Å². The maximum Gasteiger partial charge on any atom is 0.309 e. The summed E-state index contributed by atoms with van der Waals surface area (Å²) in [5.41, 5.74) is -0.462. The first-order chi connectivity index (χ1) is 17.0. The summed E-state index contributed by atoms with van der Waals surface area (Å²) in [5, 5.41) is 15.4. The van der Waals surface area contributed by atoms with Crippen molar-refractivity contribution in [2.24, 2.45) is 16.7 Å². The average molecular weight is 505 g/mol. The smallest absolute Gasteiger partial charge is 0.309 e. The number of carboxylic acids is 1. The monoisotopic (exact) mass is 504 g/mol. The number of nitrogens with one attached hydrogen (secondary N) is 2. The number of hydrogen-bond donors (Lipinski definition) is 3. The Balaban J connectivity index is 1.42. The van der Waals surface area contributed by atoms with E-state index in [1.54, 1.807) is 6.92 Å². The lowest BCUT2D eigenvalue weighted by Crippen LogP contribution is -2.45. The summed E-state index contributed by atoms with van der Waals surface area (Å²) in [5.74, 6) is -2.25. The average Bonchev–Trinajstić information content (AvgIpc) is 3.41. The van der Waals surface area contributed by atoms with Gasteiger partial charge in [-0.2, -0.15) is 0 Å². The predicted molar refractivity (Wildman–Crippen MR) is 131 cm³/mol. The Morgan fingerprint density at radius 1 is 1.06 bits per heavy atom. The van der Waals surface area contributed by atoms with Crippen LogP contribution in [0, 0.1) is 22.6 Å². The van der Waals surface area contributed by atoms with E-state index >= 15 is 0 Å². The Kier molecular flexibility index (Phi) is 7.48. The summed E-state index contributed by atoms with van der Waals surface area (Å²) in [6, 6.07) is 2.16. The van der Waals surface area contributed by atoms with Gasteiger partial charge in [-0.3, -0.25) is 14.4 Å². The minimum Gasteiger partial charge on any atom is -0.496 e. The van der Waals surface area contributed by atoms with E-state index in [1.165, 1.54) is 13.2 Å². The third-order valence-corrected chi connectivity index (χ3v) is 8.31. The molecule has 3 aliphatic carbocycles. The quantitative estimate of drug-likeness (QED) is 0.467. The van der Waals surface area contributed by atoms with E-state index in [2.05, 4.69) is 17.6 Å². The van der Waals surface area contributed by atoms with E-state index in [0.717, 1.165) is 25.3 Å². The van der Waals surface area contributed by atoms with Crippen LogP contribution in [-0.4, -0.2) is 48.7 Å². The number of rotatable bonds is 9. The van der Waals surface area contributed by atoms with Crippen LogP contribution in [0.4, 0.5) is 4.39 Å². The fraction of sp³-hybridized carbons (Fsp3) is 0.667. The molecule has 0 heterocycles. The number of ether oxygens (including phenoxy) is 2. The van der Waals surface area contributed by atoms with E-state index in [0.29, 0.717) is 45.1 Å². The Labute approximate surface area is 211 Å². The van der Waals surface area contributed by atoms with E-state index in [4.69, 9.17) is 9.47 Å². The second-order valence-electron chi connectivity index (χ2n) is 11.3. The van der Waals surface area contributed by atoms with E-state index in [1.807, 2.05) is 0 Å². The molecule has 0 aliphatic heterocycles. The molecule has 8 nitrogen and oxygen atoms in total. The molecule has 2 amide bonds. The molecule has 0 aromatic heterocycles. The molecule has 0 unspecified atom stereocenters. The fourth-order valence-corrected chi connectivity index (χ4v) is 5.23. The maximum absolute atomic E-state index is 14.8. The third kappa shape index (κ3) is 5.76. The molecule has 2 atom stereocenters. The molecule has 3 N–H and O–H groups in total. The van der Waals surface area contributed by atoms with Gasteiger partial charge in [0.2, 0.25) is 5.91 Å². The van der Waals surface area contributed by atoms with E-state index in [-0.39, 0.29) is 46.4 Å². The lowest BCUT2D eigenvalue weighted by Gasteiger charge is -2.34. The van der Waals surface area contributed by atoms with Crippen molar-refractivity contribution in [1.29, 1.82) is 0 Å². The largest absolute Gasteiger partial charge is 0.496 e. The predicted octanol–water partition coefficient (Wildman–Crippen LogP) is 4.06. The number of benzene rings is 1. The number of halogens is 1. The van der Waals surface area contributed by atoms with Gasteiger partial charge >= 0.3 is 5.97 Å². The van der Waals surface area contributed by atoms with Crippen LogP contribution < -0.4 is 20.1 Å². The molecule has 198 valence electrons. The van der Waals surface area contributed by atoms with Crippen LogP contribution >= 0.6 is 0 Å². The van der Waals surface area contributed by atoms with Gasteiger partial charge in [0.25, 0.3) is 5.91 Å². The minimum atomic E-state index is -0.837. The summed E-state index contributed by atoms with van der Waals surface area (Å²) in [6.45, 7) is 4.52. The summed E-state index contributed by atoms with van der Waals surface area (Å²) in [6.07, 6.45) is 5.96. The van der Waals surface area contributed by atoms with Crippen LogP contribution in [0.1, 0.15) is 82.0 Å². The lowest BCUT2D eigenvalue weighted by molar-refractivity contribution is -0.150. The number of aliphatic carboxylic acids is 1. The molecule has 4 rings (SSSR count). The highest BCUT2D eigenvalue weighted by molar-refractivity contribution is 5.98. The number of carboxylic acid groups (broad SMARTS) is 1. The molecule has 1 aromatic rings. The van der Waals surface area contributed by atoms with Crippen molar-refractivity contribution in [1.82, 2.24) is 10.6 Å². The number of amides is 2. The Morgan fingerprint density at radius 2 is 1.75 bits per heavy atom. The van der Waals surface area contributed by atoms with E-state index < -0.39 is 23.1 Å². The molecular weight excluding hydrogens is 467 g/mol. The molecule has 36 heavy (non-hydrogen) atoms. The van der Waals surface area contributed by atoms with Crippen molar-refractivity contribution in [3.63, 3.8) is 0 Å². The number of methoxy groups -OCH3 is 1. The van der Waals surface area contributed by atoms with Gasteiger partial charge in [-0.05, 0) is 69.8 Å². The highest BCUT2D eigenvalue weighted by Gasteiger charge is 2.40. The molecule has 1 aromatic carbocycles. The van der Waals surface area contributed by atoms with Crippen LogP contribution in [0.25, 0.3) is 0 Å². The normalized spacial score (nSPS) is 28.7. The Hall–Kier alpha value is -2.84. The molecule has 0 saturated heterocycles. The molecular formula is C27H37FN2O6. The van der Waals surface area contributed by atoms with Crippen molar-refractivity contribution in [2.75, 3.05) is 13.7 Å². The van der Waals surface area contributed by atoms with Crippen molar-refractivity contribution in [3.8, 4) is 11.5 Å². The topological polar surface area (TPSA) is 114 Å². The maximum atomic E-state index is 14.8. The molecule has 3 fully saturated rings. The first kappa shape index (κ1) is 26.2. The molecule has 3 aliphatic rings. The van der Waals surface area contributed by atoms with E-state index in [9.17, 15) is 23.9 Å². The zero-order valence-corrected chi connectivity index (χ0v) is 21.3. The van der Waals surface area contributed by atoms with Gasteiger partial charge in [0.1, 0.15) is 5.75 Å². The second-order valence-corrected chi connectivity index (χ2v) is 11.3.